The molecule has 3 N–H and O–H groups in total. The molecule has 0 fully saturated rings. The zero-order chi connectivity index (χ0) is 21.8. The van der Waals surface area contributed by atoms with E-state index < -0.39 is 5.91 Å². The van der Waals surface area contributed by atoms with Crippen molar-refractivity contribution in [3.05, 3.63) is 83.4 Å². The Bertz CT molecular complexity index is 1230. The molecule has 0 bridgehead atoms. The molecule has 4 rings (SSSR count). The lowest BCUT2D eigenvalue weighted by Gasteiger charge is -2.06. The van der Waals surface area contributed by atoms with Gasteiger partial charge in [-0.2, -0.15) is 0 Å². The molecule has 0 spiro atoms. The molecule has 0 saturated heterocycles. The van der Waals surface area contributed by atoms with Crippen LogP contribution in [0.15, 0.2) is 66.7 Å². The summed E-state index contributed by atoms with van der Waals surface area (Å²) >= 11 is 1.50. The van der Waals surface area contributed by atoms with Crippen molar-refractivity contribution in [3.63, 3.8) is 0 Å². The van der Waals surface area contributed by atoms with E-state index in [2.05, 4.69) is 10.3 Å². The van der Waals surface area contributed by atoms with Gasteiger partial charge in [0.2, 0.25) is 5.91 Å². The normalized spacial score (nSPS) is 10.7. The molecule has 0 aliphatic heterocycles. The first-order valence-corrected chi connectivity index (χ1v) is 10.6. The molecule has 156 valence electrons. The van der Waals surface area contributed by atoms with Crippen LogP contribution in [0.25, 0.3) is 20.8 Å². The van der Waals surface area contributed by atoms with Gasteiger partial charge in [-0.15, -0.1) is 11.3 Å². The van der Waals surface area contributed by atoms with Crippen LogP contribution >= 0.6 is 11.3 Å². The number of nitrogens with one attached hydrogen (secondary N) is 1. The van der Waals surface area contributed by atoms with Gasteiger partial charge in [-0.1, -0.05) is 24.3 Å². The first-order chi connectivity index (χ1) is 15.0. The molecule has 0 aliphatic carbocycles. The number of amides is 2. The first-order valence-electron chi connectivity index (χ1n) is 9.75. The number of aromatic nitrogens is 1. The maximum atomic E-state index is 12.6. The van der Waals surface area contributed by atoms with Crippen molar-refractivity contribution < 1.29 is 14.3 Å². The fourth-order valence-corrected chi connectivity index (χ4v) is 4.19. The van der Waals surface area contributed by atoms with Crippen LogP contribution < -0.4 is 15.8 Å². The number of benzene rings is 3. The number of nitrogens with two attached hydrogens (primary N) is 1. The lowest BCUT2D eigenvalue weighted by Crippen LogP contribution is -2.25. The number of thiazole rings is 1. The number of nitrogens with zero attached hydrogens (tertiary/aromatic N) is 1. The SMILES string of the molecule is COc1ccc(CCNC(=O)c2ccc3nc(-c4ccc(C(N)=O)cc4)sc3c2)cc1. The molecule has 2 amide bonds. The minimum atomic E-state index is -0.460. The predicted octanol–water partition coefficient (Wildman–Crippen LogP) is 4.04. The van der Waals surface area contributed by atoms with Crippen LogP contribution in [-0.4, -0.2) is 30.5 Å². The van der Waals surface area contributed by atoms with Crippen molar-refractivity contribution in [2.24, 2.45) is 5.73 Å². The van der Waals surface area contributed by atoms with Crippen molar-refractivity contribution in [3.8, 4) is 16.3 Å². The molecule has 1 heterocycles. The summed E-state index contributed by atoms with van der Waals surface area (Å²) in [6, 6.07) is 20.3. The summed E-state index contributed by atoms with van der Waals surface area (Å²) in [5.74, 6) is 0.239. The number of hydrogen-bond donors (Lipinski definition) is 2. The molecule has 4 aromatic rings. The monoisotopic (exact) mass is 431 g/mol. The van der Waals surface area contributed by atoms with E-state index >= 15 is 0 Å². The van der Waals surface area contributed by atoms with Crippen molar-refractivity contribution in [2.45, 2.75) is 6.42 Å². The van der Waals surface area contributed by atoms with Crippen molar-refractivity contribution >= 4 is 33.4 Å². The quantitative estimate of drug-likeness (QED) is 0.462. The molecule has 31 heavy (non-hydrogen) atoms. The van der Waals surface area contributed by atoms with E-state index in [1.165, 1.54) is 11.3 Å². The highest BCUT2D eigenvalue weighted by Crippen LogP contribution is 2.31. The third kappa shape index (κ3) is 4.73. The van der Waals surface area contributed by atoms with Crippen LogP contribution in [0.4, 0.5) is 0 Å². The lowest BCUT2D eigenvalue weighted by atomic mass is 10.1. The highest BCUT2D eigenvalue weighted by atomic mass is 32.1. The molecule has 6 nitrogen and oxygen atoms in total. The van der Waals surface area contributed by atoms with Gasteiger partial charge in [-0.3, -0.25) is 9.59 Å². The average Bonchev–Trinajstić information content (AvgIpc) is 3.23. The number of carbonyl (C=O) groups excluding carboxylic acids is 2. The number of primary amides is 1. The highest BCUT2D eigenvalue weighted by molar-refractivity contribution is 7.21. The van der Waals surface area contributed by atoms with Crippen LogP contribution in [-0.2, 0) is 6.42 Å². The van der Waals surface area contributed by atoms with Crippen LogP contribution in [0.3, 0.4) is 0 Å². The van der Waals surface area contributed by atoms with E-state index in [-0.39, 0.29) is 5.91 Å². The lowest BCUT2D eigenvalue weighted by molar-refractivity contribution is 0.0953. The minimum absolute atomic E-state index is 0.115. The number of fused-ring (bicyclic) bond motifs is 1. The summed E-state index contributed by atoms with van der Waals surface area (Å²) in [5, 5.41) is 3.79. The van der Waals surface area contributed by atoms with Gasteiger partial charge in [0.25, 0.3) is 5.91 Å². The Hall–Kier alpha value is -3.71. The van der Waals surface area contributed by atoms with Gasteiger partial charge in [0.15, 0.2) is 0 Å². The zero-order valence-corrected chi connectivity index (χ0v) is 17.7. The van der Waals surface area contributed by atoms with Gasteiger partial charge >= 0.3 is 0 Å². The van der Waals surface area contributed by atoms with E-state index in [1.807, 2.05) is 48.5 Å². The Morgan fingerprint density at radius 1 is 1.00 bits per heavy atom. The Balaban J connectivity index is 1.43. The fraction of sp³-hybridized carbons (Fsp3) is 0.125. The summed E-state index contributed by atoms with van der Waals surface area (Å²) < 4.78 is 6.08. The van der Waals surface area contributed by atoms with Crippen molar-refractivity contribution in [1.82, 2.24) is 10.3 Å². The average molecular weight is 432 g/mol. The number of carbonyl (C=O) groups is 2. The van der Waals surface area contributed by atoms with Crippen LogP contribution in [0.5, 0.6) is 5.75 Å². The van der Waals surface area contributed by atoms with Gasteiger partial charge in [0.05, 0.1) is 17.3 Å². The van der Waals surface area contributed by atoms with E-state index in [4.69, 9.17) is 10.5 Å². The van der Waals surface area contributed by atoms with E-state index in [0.29, 0.717) is 17.7 Å². The Morgan fingerprint density at radius 2 is 1.71 bits per heavy atom. The van der Waals surface area contributed by atoms with Gasteiger partial charge in [0.1, 0.15) is 10.8 Å². The molecule has 0 saturated carbocycles. The number of rotatable bonds is 7. The summed E-state index contributed by atoms with van der Waals surface area (Å²) in [6.07, 6.45) is 0.740. The second-order valence-electron chi connectivity index (χ2n) is 7.00. The maximum absolute atomic E-state index is 12.6. The van der Waals surface area contributed by atoms with E-state index in [9.17, 15) is 9.59 Å². The molecular formula is C24H21N3O3S. The summed E-state index contributed by atoms with van der Waals surface area (Å²) in [5.41, 5.74) is 9.21. The predicted molar refractivity (Wildman–Crippen MR) is 123 cm³/mol. The number of ether oxygens (including phenoxy) is 1. The van der Waals surface area contributed by atoms with E-state index in [1.54, 1.807) is 25.3 Å². The fourth-order valence-electron chi connectivity index (χ4n) is 3.18. The minimum Gasteiger partial charge on any atom is -0.497 e. The molecule has 0 unspecified atom stereocenters. The Labute approximate surface area is 183 Å². The number of methoxy groups -OCH3 is 1. The number of hydrogen-bond acceptors (Lipinski definition) is 5. The topological polar surface area (TPSA) is 94.3 Å². The molecule has 3 aromatic carbocycles. The van der Waals surface area contributed by atoms with Crippen LogP contribution in [0.1, 0.15) is 26.3 Å². The molecule has 0 aliphatic rings. The summed E-state index contributed by atoms with van der Waals surface area (Å²) in [7, 11) is 1.64. The van der Waals surface area contributed by atoms with Crippen molar-refractivity contribution in [1.29, 1.82) is 0 Å². The highest BCUT2D eigenvalue weighted by Gasteiger charge is 2.11. The Morgan fingerprint density at radius 3 is 2.39 bits per heavy atom. The third-order valence-corrected chi connectivity index (χ3v) is 5.99. The smallest absolute Gasteiger partial charge is 0.251 e. The second-order valence-corrected chi connectivity index (χ2v) is 8.03. The summed E-state index contributed by atoms with van der Waals surface area (Å²) in [6.45, 7) is 0.545. The molecule has 1 aromatic heterocycles. The van der Waals surface area contributed by atoms with Crippen LogP contribution in [0, 0.1) is 0 Å². The van der Waals surface area contributed by atoms with Gasteiger partial charge < -0.3 is 15.8 Å². The first kappa shape index (κ1) is 20.6. The molecule has 7 heteroatoms. The summed E-state index contributed by atoms with van der Waals surface area (Å²) in [4.78, 5) is 28.4. The van der Waals surface area contributed by atoms with Gasteiger partial charge in [-0.25, -0.2) is 4.98 Å². The van der Waals surface area contributed by atoms with Crippen molar-refractivity contribution in [2.75, 3.05) is 13.7 Å². The Kier molecular flexibility index (Phi) is 5.95. The second kappa shape index (κ2) is 8.97. The van der Waals surface area contributed by atoms with E-state index in [0.717, 1.165) is 38.5 Å². The van der Waals surface area contributed by atoms with Gasteiger partial charge in [-0.05, 0) is 54.4 Å². The largest absolute Gasteiger partial charge is 0.497 e. The molecule has 0 atom stereocenters. The van der Waals surface area contributed by atoms with Gasteiger partial charge in [0, 0.05) is 23.2 Å². The molecule has 0 radical (unpaired) electrons. The molecular weight excluding hydrogens is 410 g/mol. The maximum Gasteiger partial charge on any atom is 0.251 e. The standard InChI is InChI=1S/C24H21N3O3S/c1-30-19-9-2-15(3-10-19)12-13-26-23(29)18-8-11-20-21(14-18)31-24(27-20)17-6-4-16(5-7-17)22(25)28/h2-11,14H,12-13H2,1H3,(H2,25,28)(H,26,29). The third-order valence-electron chi connectivity index (χ3n) is 4.93. The zero-order valence-electron chi connectivity index (χ0n) is 16.9. The van der Waals surface area contributed by atoms with Crippen LogP contribution in [0.2, 0.25) is 0 Å².